The van der Waals surface area contributed by atoms with Crippen LogP contribution >= 0.6 is 23.5 Å². The number of hydrogen-bond acceptors (Lipinski definition) is 7. The first-order valence-electron chi connectivity index (χ1n) is 15.1. The molecule has 6 nitrogen and oxygen atoms in total. The number of nitrogens with zero attached hydrogens (tertiary/aromatic N) is 2. The first-order chi connectivity index (χ1) is 20.5. The molecule has 44 heavy (non-hydrogen) atoms. The maximum Gasteiger partial charge on any atom is 0.341 e. The Morgan fingerprint density at radius 1 is 0.727 bits per heavy atom. The van der Waals surface area contributed by atoms with Crippen LogP contribution < -0.4 is 0 Å². The quantitative estimate of drug-likeness (QED) is 0.159. The molecule has 1 N–H and O–H groups in total. The average Bonchev–Trinajstić information content (AvgIpc) is 2.92. The first kappa shape index (κ1) is 35.4. The predicted octanol–water partition coefficient (Wildman–Crippen LogP) is 9.78. The molecule has 0 aliphatic rings. The SMILES string of the molecule is CCOC(=O)c1c(SCC)nc2cc(C(C)(C)C)ccc2c1C.CCSc1nc2cc(C(C)(C)C)ccc2c(C)c1C(=O)O. The van der Waals surface area contributed by atoms with Crippen LogP contribution in [0.5, 0.6) is 0 Å². The Hall–Kier alpha value is -3.10. The number of carbonyl (C=O) groups excluding carboxylic acids is 1. The number of aryl methyl sites for hydroxylation is 2. The van der Waals surface area contributed by atoms with Gasteiger partial charge in [-0.25, -0.2) is 19.6 Å². The van der Waals surface area contributed by atoms with Crippen molar-refractivity contribution in [3.63, 3.8) is 0 Å². The van der Waals surface area contributed by atoms with E-state index in [-0.39, 0.29) is 16.8 Å². The van der Waals surface area contributed by atoms with E-state index in [0.717, 1.165) is 49.5 Å². The molecule has 0 aliphatic heterocycles. The molecule has 4 aromatic rings. The van der Waals surface area contributed by atoms with E-state index in [1.807, 2.05) is 33.8 Å². The minimum absolute atomic E-state index is 0.0489. The van der Waals surface area contributed by atoms with Gasteiger partial charge in [0.05, 0.1) is 28.8 Å². The lowest BCUT2D eigenvalue weighted by Crippen LogP contribution is -2.12. The van der Waals surface area contributed by atoms with Gasteiger partial charge in [-0.1, -0.05) is 79.7 Å². The van der Waals surface area contributed by atoms with Gasteiger partial charge in [0.25, 0.3) is 0 Å². The highest BCUT2D eigenvalue weighted by Crippen LogP contribution is 2.34. The number of pyridine rings is 2. The summed E-state index contributed by atoms with van der Waals surface area (Å²) in [6.45, 7) is 23.2. The van der Waals surface area contributed by atoms with Crippen molar-refractivity contribution in [1.82, 2.24) is 9.97 Å². The minimum atomic E-state index is -0.905. The van der Waals surface area contributed by atoms with Gasteiger partial charge in [0.15, 0.2) is 0 Å². The molecule has 0 atom stereocenters. The number of thioether (sulfide) groups is 2. The molecule has 0 fully saturated rings. The van der Waals surface area contributed by atoms with Crippen molar-refractivity contribution in [1.29, 1.82) is 0 Å². The fraction of sp³-hybridized carbons (Fsp3) is 0.444. The summed E-state index contributed by atoms with van der Waals surface area (Å²) >= 11 is 3.07. The van der Waals surface area contributed by atoms with Crippen molar-refractivity contribution in [2.75, 3.05) is 18.1 Å². The highest BCUT2D eigenvalue weighted by Gasteiger charge is 2.22. The monoisotopic (exact) mass is 634 g/mol. The number of rotatable bonds is 7. The number of carboxylic acid groups (broad SMARTS) is 1. The summed E-state index contributed by atoms with van der Waals surface area (Å²) < 4.78 is 5.23. The number of ether oxygens (including phenoxy) is 1. The number of carbonyl (C=O) groups is 2. The zero-order valence-corrected chi connectivity index (χ0v) is 29.6. The largest absolute Gasteiger partial charge is 0.478 e. The van der Waals surface area contributed by atoms with Gasteiger partial charge in [-0.05, 0) is 77.5 Å². The summed E-state index contributed by atoms with van der Waals surface area (Å²) in [7, 11) is 0. The molecule has 0 radical (unpaired) electrons. The van der Waals surface area contributed by atoms with Crippen LogP contribution in [-0.2, 0) is 15.6 Å². The van der Waals surface area contributed by atoms with Crippen LogP contribution in [0.15, 0.2) is 46.5 Å². The van der Waals surface area contributed by atoms with Crippen molar-refractivity contribution in [2.24, 2.45) is 0 Å². The lowest BCUT2D eigenvalue weighted by Gasteiger charge is -2.20. The molecule has 0 spiro atoms. The number of hydrogen-bond donors (Lipinski definition) is 1. The molecule has 2 heterocycles. The molecule has 0 amide bonds. The van der Waals surface area contributed by atoms with Crippen molar-refractivity contribution in [2.45, 2.75) is 97.0 Å². The molecule has 2 aromatic carbocycles. The summed E-state index contributed by atoms with van der Waals surface area (Å²) in [6, 6.07) is 12.5. The van der Waals surface area contributed by atoms with Crippen LogP contribution in [0.3, 0.4) is 0 Å². The van der Waals surface area contributed by atoms with E-state index < -0.39 is 5.97 Å². The van der Waals surface area contributed by atoms with Gasteiger partial charge in [0.1, 0.15) is 10.1 Å². The Morgan fingerprint density at radius 2 is 1.14 bits per heavy atom. The second-order valence-corrected chi connectivity index (χ2v) is 15.2. The molecular formula is C36H46N2O4S2. The van der Waals surface area contributed by atoms with Crippen molar-refractivity contribution >= 4 is 57.3 Å². The fourth-order valence-electron chi connectivity index (χ4n) is 4.91. The number of esters is 1. The van der Waals surface area contributed by atoms with E-state index in [0.29, 0.717) is 22.8 Å². The average molecular weight is 635 g/mol. The number of aromatic nitrogens is 2. The van der Waals surface area contributed by atoms with Crippen molar-refractivity contribution in [3.05, 3.63) is 69.8 Å². The molecule has 0 aliphatic carbocycles. The van der Waals surface area contributed by atoms with Gasteiger partial charge >= 0.3 is 11.9 Å². The van der Waals surface area contributed by atoms with E-state index >= 15 is 0 Å². The molecule has 0 saturated carbocycles. The molecule has 236 valence electrons. The van der Waals surface area contributed by atoms with E-state index in [9.17, 15) is 14.7 Å². The second-order valence-electron chi connectivity index (χ2n) is 12.7. The van der Waals surface area contributed by atoms with E-state index in [1.54, 1.807) is 11.8 Å². The summed E-state index contributed by atoms with van der Waals surface area (Å²) in [5.74, 6) is 0.480. The van der Waals surface area contributed by atoms with E-state index in [1.165, 1.54) is 22.9 Å². The number of fused-ring (bicyclic) bond motifs is 2. The highest BCUT2D eigenvalue weighted by molar-refractivity contribution is 7.99. The standard InChI is InChI=1S/C19H25NO2S.C17H21NO2S/c1-7-22-18(21)16-12(3)14-10-9-13(19(4,5)6)11-15(14)20-17(16)23-8-2;1-6-21-15-14(16(19)20)10(2)12-8-7-11(17(3,4)5)9-13(12)18-15/h9-11H,7-8H2,1-6H3;7-9H,6H2,1-5H3,(H,19,20). The van der Waals surface area contributed by atoms with Crippen LogP contribution in [-0.4, -0.2) is 45.1 Å². The first-order valence-corrected chi connectivity index (χ1v) is 17.1. The Bertz CT molecular complexity index is 1680. The number of aromatic carboxylic acids is 1. The molecular weight excluding hydrogens is 589 g/mol. The van der Waals surface area contributed by atoms with Gasteiger partial charge < -0.3 is 9.84 Å². The zero-order valence-electron chi connectivity index (χ0n) is 28.0. The minimum Gasteiger partial charge on any atom is -0.478 e. The van der Waals surface area contributed by atoms with Gasteiger partial charge in [-0.15, -0.1) is 23.5 Å². The summed E-state index contributed by atoms with van der Waals surface area (Å²) in [5, 5.41) is 12.8. The van der Waals surface area contributed by atoms with Gasteiger partial charge in [-0.2, -0.15) is 0 Å². The molecule has 0 bridgehead atoms. The molecule has 4 rings (SSSR count). The summed E-state index contributed by atoms with van der Waals surface area (Å²) in [6.07, 6.45) is 0. The third-order valence-corrected chi connectivity index (χ3v) is 9.13. The summed E-state index contributed by atoms with van der Waals surface area (Å²) in [5.41, 5.74) is 7.07. The third kappa shape index (κ3) is 7.94. The van der Waals surface area contributed by atoms with Gasteiger partial charge in [0.2, 0.25) is 0 Å². The predicted molar refractivity (Wildman–Crippen MR) is 186 cm³/mol. The second kappa shape index (κ2) is 14.3. The van der Waals surface area contributed by atoms with E-state index in [4.69, 9.17) is 9.72 Å². The normalized spacial score (nSPS) is 11.8. The maximum atomic E-state index is 12.4. The zero-order chi connectivity index (χ0) is 33.0. The van der Waals surface area contributed by atoms with E-state index in [2.05, 4.69) is 83.8 Å². The molecule has 0 unspecified atom stereocenters. The van der Waals surface area contributed by atoms with Crippen molar-refractivity contribution in [3.8, 4) is 0 Å². The topological polar surface area (TPSA) is 89.4 Å². The number of carboxylic acids is 1. The lowest BCUT2D eigenvalue weighted by molar-refractivity contribution is 0.0520. The Balaban J connectivity index is 0.000000241. The maximum absolute atomic E-state index is 12.4. The lowest BCUT2D eigenvalue weighted by atomic mass is 9.86. The Morgan fingerprint density at radius 3 is 1.50 bits per heavy atom. The van der Waals surface area contributed by atoms with Gasteiger partial charge in [0, 0.05) is 10.8 Å². The van der Waals surface area contributed by atoms with Crippen LogP contribution in [0, 0.1) is 13.8 Å². The Labute approximate surface area is 270 Å². The van der Waals surface area contributed by atoms with Crippen LogP contribution in [0.4, 0.5) is 0 Å². The van der Waals surface area contributed by atoms with Crippen LogP contribution in [0.25, 0.3) is 21.8 Å². The number of benzene rings is 2. The van der Waals surface area contributed by atoms with Crippen LogP contribution in [0.1, 0.15) is 105 Å². The molecule has 0 saturated heterocycles. The summed E-state index contributed by atoms with van der Waals surface area (Å²) in [4.78, 5) is 33.3. The Kier molecular flexibility index (Phi) is 11.5. The van der Waals surface area contributed by atoms with Crippen molar-refractivity contribution < 1.29 is 19.4 Å². The fourth-order valence-corrected chi connectivity index (χ4v) is 6.55. The highest BCUT2D eigenvalue weighted by atomic mass is 32.2. The third-order valence-electron chi connectivity index (χ3n) is 7.41. The smallest absolute Gasteiger partial charge is 0.341 e. The molecule has 2 aromatic heterocycles. The van der Waals surface area contributed by atoms with Gasteiger partial charge in [-0.3, -0.25) is 0 Å². The van der Waals surface area contributed by atoms with Crippen LogP contribution in [0.2, 0.25) is 0 Å². The molecule has 8 heteroatoms.